The van der Waals surface area contributed by atoms with Crippen molar-refractivity contribution in [3.63, 3.8) is 0 Å². The van der Waals surface area contributed by atoms with Crippen LogP contribution in [-0.2, 0) is 89.3 Å². The first kappa shape index (κ1) is 102. The molecule has 6 rings (SSSR count). The van der Waals surface area contributed by atoms with Gasteiger partial charge in [-0.25, -0.2) is 24.0 Å². The molecule has 0 aliphatic carbocycles. The van der Waals surface area contributed by atoms with E-state index >= 15 is 0 Å². The third kappa shape index (κ3) is 53.6. The Morgan fingerprint density at radius 2 is 0.458 bits per heavy atom. The number of unbranched alkanes of at least 4 members (excludes halogenated alkanes) is 12. The van der Waals surface area contributed by atoms with Crippen molar-refractivity contribution in [2.24, 2.45) is 0 Å². The van der Waals surface area contributed by atoms with Gasteiger partial charge in [0.15, 0.2) is 0 Å². The number of halogens is 1. The van der Waals surface area contributed by atoms with Gasteiger partial charge in [0.25, 0.3) is 6.28 Å². The second-order valence-electron chi connectivity index (χ2n) is 28.4. The van der Waals surface area contributed by atoms with E-state index < -0.39 is 35.1 Å². The topological polar surface area (TPSA) is 304 Å². The Bertz CT molecular complexity index is 3670. The molecule has 120 heavy (non-hydrogen) atoms. The molecule has 0 saturated carbocycles. The van der Waals surface area contributed by atoms with Gasteiger partial charge in [-0.1, -0.05) is 72.8 Å². The number of ether oxygens (including phenoxy) is 12. The molecule has 0 aliphatic heterocycles. The second-order valence-corrected chi connectivity index (χ2v) is 38.2. The molecule has 0 saturated heterocycles. The van der Waals surface area contributed by atoms with E-state index in [-0.39, 0.29) is 19.1 Å². The van der Waals surface area contributed by atoms with Crippen molar-refractivity contribution in [1.82, 2.24) is 0 Å². The van der Waals surface area contributed by atoms with Crippen LogP contribution < -0.4 is 31.9 Å². The molecule has 0 aromatic heterocycles. The first-order valence-corrected chi connectivity index (χ1v) is 48.8. The molecule has 0 fully saturated rings. The molecule has 6 aromatic rings. The van der Waals surface area contributed by atoms with Gasteiger partial charge in [-0.05, 0) is 289 Å². The van der Waals surface area contributed by atoms with Crippen molar-refractivity contribution in [3.05, 3.63) is 179 Å². The van der Waals surface area contributed by atoms with E-state index in [2.05, 4.69) is 53.9 Å². The largest absolute Gasteiger partial charge is 0.449 e. The summed E-state index contributed by atoms with van der Waals surface area (Å²) in [6.45, 7) is 14.3. The van der Waals surface area contributed by atoms with Gasteiger partial charge in [0, 0.05) is 175 Å². The Labute approximate surface area is 733 Å². The molecule has 0 spiro atoms. The van der Waals surface area contributed by atoms with Gasteiger partial charge in [-0.3, -0.25) is 31.4 Å². The van der Waals surface area contributed by atoms with Gasteiger partial charge in [-0.2, -0.15) is 0 Å². The second kappa shape index (κ2) is 68.2. The summed E-state index contributed by atoms with van der Waals surface area (Å²) in [5.74, 6) is -0.108. The smallest absolute Gasteiger partial charge is 0.422 e. The Balaban J connectivity index is 0.577. The van der Waals surface area contributed by atoms with Crippen LogP contribution >= 0.6 is 50.2 Å². The molecule has 26 nitrogen and oxygen atoms in total. The van der Waals surface area contributed by atoms with Crippen LogP contribution in [0.25, 0.3) is 0 Å². The SMILES string of the molecule is COSP(I)BSOC(=O)Nc1ccc(Cc2ccc(NC(=O)OCCCCOCCCCOCCCCOCCCCOCCCCOCCCCOCCCCOCCCCOCCCCOC(=O)Nc3ccc(Cc4ccc(NC(=O)OCCCCCCOC(=O)Nc5ccc(Cc6ccc(NC(C)=O)cc6)cc5)cc4)cc3)cc2)cc1. The number of rotatable bonds is 69. The zero-order chi connectivity index (χ0) is 85.0. The quantitative estimate of drug-likeness (QED) is 0.00516. The molecule has 0 aliphatic rings. The van der Waals surface area contributed by atoms with Crippen molar-refractivity contribution in [2.75, 3.05) is 171 Å². The molecule has 0 bridgehead atoms. The Morgan fingerprint density at radius 3 is 0.658 bits per heavy atom. The number of benzene rings is 6. The lowest BCUT2D eigenvalue weighted by Gasteiger charge is -2.10. The Morgan fingerprint density at radius 1 is 0.275 bits per heavy atom. The minimum Gasteiger partial charge on any atom is -0.449 e. The number of amides is 6. The average molecular weight is 1830 g/mol. The van der Waals surface area contributed by atoms with Crippen molar-refractivity contribution >= 4 is 127 Å². The lowest BCUT2D eigenvalue weighted by molar-refractivity contribution is -0.114. The van der Waals surface area contributed by atoms with E-state index in [1.54, 1.807) is 7.11 Å². The normalized spacial score (nSPS) is 11.3. The standard InChI is InChI=1S/C89H127BIN6O20PS2/c1-72(98)92-79-37-25-73(26-38-79)69-74-27-39-80(40-28-74)93-85(99)113-65-5-3-4-6-66-114-86(100)94-81-41-29-75(30-42-81)70-76-31-43-82(44-32-76)95-87(101)115-67-23-21-63-111-61-19-17-59-109-57-15-13-55-107-53-11-9-51-105-49-7-8-50-106-52-10-12-54-108-56-14-16-58-110-60-18-20-62-112-64-22-24-68-116-88(102)96-83-45-33-77(34-46-83)71-78-35-47-84(48-36-78)97-89(103)117-119-90-118(91)120-104-2/h25-48,90H,3-24,49-71H2,1-2H3,(H,92,98)(H,93,99)(H,94,100)(H,95,101)(H,96,102)(H,97,103). The number of hydrogen-bond donors (Lipinski definition) is 6. The van der Waals surface area contributed by atoms with Gasteiger partial charge in [0.2, 0.25) is 5.91 Å². The predicted molar refractivity (Wildman–Crippen MR) is 490 cm³/mol. The summed E-state index contributed by atoms with van der Waals surface area (Å²) in [6.07, 6.45) is 20.1. The van der Waals surface area contributed by atoms with Crippen LogP contribution in [0, 0.1) is 0 Å². The third-order valence-electron chi connectivity index (χ3n) is 18.1. The summed E-state index contributed by atoms with van der Waals surface area (Å²) in [4.78, 5) is 72.8. The molecular formula is C89H127BIN6O20PS2. The highest BCUT2D eigenvalue weighted by atomic mass is 127. The van der Waals surface area contributed by atoms with Crippen LogP contribution in [0.15, 0.2) is 146 Å². The minimum atomic E-state index is -0.519. The van der Waals surface area contributed by atoms with Crippen LogP contribution in [0.5, 0.6) is 0 Å². The van der Waals surface area contributed by atoms with Crippen LogP contribution in [0.3, 0.4) is 0 Å². The fourth-order valence-electron chi connectivity index (χ4n) is 11.6. The van der Waals surface area contributed by atoms with Crippen molar-refractivity contribution in [1.29, 1.82) is 0 Å². The summed E-state index contributed by atoms with van der Waals surface area (Å²) in [7, 11) is 1.63. The van der Waals surface area contributed by atoms with Crippen molar-refractivity contribution in [3.8, 4) is 0 Å². The van der Waals surface area contributed by atoms with E-state index in [0.717, 1.165) is 259 Å². The molecule has 0 radical (unpaired) electrons. The predicted octanol–water partition coefficient (Wildman–Crippen LogP) is 21.2. The van der Waals surface area contributed by atoms with Crippen molar-refractivity contribution < 1.29 is 94.0 Å². The average Bonchev–Trinajstić information content (AvgIpc) is 0.876. The van der Waals surface area contributed by atoms with Crippen LogP contribution in [0.1, 0.15) is 182 Å². The summed E-state index contributed by atoms with van der Waals surface area (Å²) in [5.41, 5.74) is 10.5. The van der Waals surface area contributed by atoms with Crippen LogP contribution in [-0.4, -0.2) is 182 Å². The molecule has 31 heteroatoms. The van der Waals surface area contributed by atoms with Gasteiger partial charge < -0.3 is 70.5 Å². The lowest BCUT2D eigenvalue weighted by atomic mass is 10.0. The summed E-state index contributed by atoms with van der Waals surface area (Å²) >= 11 is 4.78. The monoisotopic (exact) mass is 1830 g/mol. The number of carbonyl (C=O) groups excluding carboxylic acids is 6. The molecule has 6 aromatic carbocycles. The molecule has 6 amide bonds. The maximum Gasteiger partial charge on any atom is 0.422 e. The number of carbonyl (C=O) groups is 6. The maximum atomic E-state index is 12.4. The van der Waals surface area contributed by atoms with Gasteiger partial charge in [-0.15, -0.1) is 0 Å². The highest BCUT2D eigenvalue weighted by molar-refractivity contribution is 14.2. The van der Waals surface area contributed by atoms with E-state index in [1.165, 1.54) is 18.6 Å². The zero-order valence-electron chi connectivity index (χ0n) is 70.2. The van der Waals surface area contributed by atoms with Crippen molar-refractivity contribution in [2.45, 2.75) is 167 Å². The number of hydrogen-bond acceptors (Lipinski definition) is 22. The summed E-state index contributed by atoms with van der Waals surface area (Å²) < 4.78 is 77.6. The number of nitrogens with one attached hydrogen (secondary N) is 6. The molecule has 1 unspecified atom stereocenters. The first-order valence-electron chi connectivity index (χ1n) is 42.3. The lowest BCUT2D eigenvalue weighted by Crippen LogP contribution is -2.15. The molecule has 6 N–H and O–H groups in total. The first-order chi connectivity index (χ1) is 58.8. The van der Waals surface area contributed by atoms with E-state index in [1.807, 2.05) is 146 Å². The molecule has 660 valence electrons. The molecule has 1 atom stereocenters. The fraction of sp³-hybridized carbons (Fsp3) is 0.528. The van der Waals surface area contributed by atoms with Gasteiger partial charge >= 0.3 is 30.5 Å². The Hall–Kier alpha value is -7.30. The van der Waals surface area contributed by atoms with E-state index in [0.29, 0.717) is 106 Å². The van der Waals surface area contributed by atoms with Crippen LogP contribution in [0.2, 0.25) is 0 Å². The fourth-order valence-corrected chi connectivity index (χ4v) is 16.4. The number of anilines is 6. The zero-order valence-corrected chi connectivity index (χ0v) is 74.9. The van der Waals surface area contributed by atoms with E-state index in [4.69, 9.17) is 65.2 Å². The van der Waals surface area contributed by atoms with Gasteiger partial charge in [0.1, 0.15) is 0 Å². The Kier molecular flexibility index (Phi) is 57.7. The summed E-state index contributed by atoms with van der Waals surface area (Å²) in [6, 6.07) is 45.7. The highest BCUT2D eigenvalue weighted by Gasteiger charge is 2.14. The van der Waals surface area contributed by atoms with Crippen LogP contribution in [0.4, 0.5) is 58.1 Å². The van der Waals surface area contributed by atoms with Gasteiger partial charge in [0.05, 0.1) is 33.5 Å². The minimum absolute atomic E-state index is 0.108. The maximum absolute atomic E-state index is 12.4. The third-order valence-corrected chi connectivity index (χ3v) is 25.7. The highest BCUT2D eigenvalue weighted by Crippen LogP contribution is 2.58. The molecule has 0 heterocycles. The molecular weight excluding hydrogens is 1710 g/mol. The van der Waals surface area contributed by atoms with E-state index in [9.17, 15) is 28.8 Å². The summed E-state index contributed by atoms with van der Waals surface area (Å²) in [5, 5.41) is 16.6.